The SMILES string of the molecule is Nc1cc(C(F)(F)F)ccc1NC(=O)CSc1nncs1. The molecule has 2 aromatic rings. The number of nitrogens with two attached hydrogens (primary N) is 1. The molecule has 0 atom stereocenters. The zero-order chi connectivity index (χ0) is 15.5. The summed E-state index contributed by atoms with van der Waals surface area (Å²) in [5.74, 6) is -0.322. The highest BCUT2D eigenvalue weighted by molar-refractivity contribution is 8.01. The monoisotopic (exact) mass is 334 g/mol. The smallest absolute Gasteiger partial charge is 0.397 e. The molecule has 0 bridgehead atoms. The predicted molar refractivity (Wildman–Crippen MR) is 75.1 cm³/mol. The number of aromatic nitrogens is 2. The number of thioether (sulfide) groups is 1. The molecule has 1 heterocycles. The zero-order valence-corrected chi connectivity index (χ0v) is 12.0. The quantitative estimate of drug-likeness (QED) is 0.664. The fraction of sp³-hybridized carbons (Fsp3) is 0.182. The number of hydrogen-bond acceptors (Lipinski definition) is 6. The van der Waals surface area contributed by atoms with Crippen LogP contribution in [-0.4, -0.2) is 21.9 Å². The predicted octanol–water partition coefficient (Wildman–Crippen LogP) is 2.87. The summed E-state index contributed by atoms with van der Waals surface area (Å²) in [7, 11) is 0. The van der Waals surface area contributed by atoms with Crippen molar-refractivity contribution in [2.45, 2.75) is 10.5 Å². The molecule has 0 saturated heterocycles. The van der Waals surface area contributed by atoms with E-state index < -0.39 is 11.7 Å². The molecule has 0 aliphatic heterocycles. The molecule has 0 saturated carbocycles. The van der Waals surface area contributed by atoms with E-state index in [9.17, 15) is 18.0 Å². The van der Waals surface area contributed by atoms with Gasteiger partial charge in [-0.1, -0.05) is 23.1 Å². The van der Waals surface area contributed by atoms with Crippen LogP contribution in [0.5, 0.6) is 0 Å². The second kappa shape index (κ2) is 6.31. The van der Waals surface area contributed by atoms with Crippen molar-refractivity contribution < 1.29 is 18.0 Å². The van der Waals surface area contributed by atoms with Crippen LogP contribution in [0.1, 0.15) is 5.56 Å². The van der Waals surface area contributed by atoms with Crippen molar-refractivity contribution in [3.8, 4) is 0 Å². The van der Waals surface area contributed by atoms with Crippen molar-refractivity contribution in [1.82, 2.24) is 10.2 Å². The van der Waals surface area contributed by atoms with Gasteiger partial charge in [0.25, 0.3) is 0 Å². The maximum atomic E-state index is 12.5. The van der Waals surface area contributed by atoms with Gasteiger partial charge in [-0.25, -0.2) is 0 Å². The second-order valence-electron chi connectivity index (χ2n) is 3.84. The van der Waals surface area contributed by atoms with Crippen LogP contribution in [0.3, 0.4) is 0 Å². The number of hydrogen-bond donors (Lipinski definition) is 2. The molecule has 0 unspecified atom stereocenters. The van der Waals surface area contributed by atoms with Crippen LogP contribution < -0.4 is 11.1 Å². The minimum absolute atomic E-state index is 0.0651. The van der Waals surface area contributed by atoms with Crippen molar-refractivity contribution in [3.63, 3.8) is 0 Å². The summed E-state index contributed by atoms with van der Waals surface area (Å²) in [5, 5.41) is 9.83. The summed E-state index contributed by atoms with van der Waals surface area (Å²) in [4.78, 5) is 11.7. The van der Waals surface area contributed by atoms with Gasteiger partial charge in [0.15, 0.2) is 4.34 Å². The van der Waals surface area contributed by atoms with Crippen LogP contribution in [0.4, 0.5) is 24.5 Å². The highest BCUT2D eigenvalue weighted by Crippen LogP contribution is 2.32. The molecule has 1 aromatic carbocycles. The number of benzene rings is 1. The van der Waals surface area contributed by atoms with Crippen LogP contribution in [-0.2, 0) is 11.0 Å². The largest absolute Gasteiger partial charge is 0.416 e. The molecule has 3 N–H and O–H groups in total. The lowest BCUT2D eigenvalue weighted by Crippen LogP contribution is -2.16. The first-order valence-corrected chi connectivity index (χ1v) is 7.38. The summed E-state index contributed by atoms with van der Waals surface area (Å²) < 4.78 is 38.1. The van der Waals surface area contributed by atoms with Crippen molar-refractivity contribution >= 4 is 40.4 Å². The molecule has 0 aliphatic carbocycles. The first-order chi connectivity index (χ1) is 9.86. The highest BCUT2D eigenvalue weighted by Gasteiger charge is 2.30. The molecular formula is C11H9F3N4OS2. The standard InChI is InChI=1S/C11H9F3N4OS2/c12-11(13,14)6-1-2-8(7(15)3-6)17-9(19)4-20-10-18-16-5-21-10/h1-3,5H,4,15H2,(H,17,19). The van der Waals surface area contributed by atoms with Gasteiger partial charge in [-0.05, 0) is 18.2 Å². The van der Waals surface area contributed by atoms with Crippen molar-refractivity contribution in [2.24, 2.45) is 0 Å². The molecule has 1 aromatic heterocycles. The number of alkyl halides is 3. The number of nitrogens with zero attached hydrogens (tertiary/aromatic N) is 2. The maximum absolute atomic E-state index is 12.5. The number of nitrogens with one attached hydrogen (secondary N) is 1. The summed E-state index contributed by atoms with van der Waals surface area (Å²) in [6.07, 6.45) is -4.47. The van der Waals surface area contributed by atoms with Crippen molar-refractivity contribution in [2.75, 3.05) is 16.8 Å². The second-order valence-corrected chi connectivity index (χ2v) is 5.90. The zero-order valence-electron chi connectivity index (χ0n) is 10.3. The van der Waals surface area contributed by atoms with E-state index in [1.54, 1.807) is 0 Å². The molecule has 5 nitrogen and oxygen atoms in total. The van der Waals surface area contributed by atoms with Crippen LogP contribution in [0, 0.1) is 0 Å². The Hall–Kier alpha value is -1.81. The molecule has 0 aliphatic rings. The average molecular weight is 334 g/mol. The lowest BCUT2D eigenvalue weighted by atomic mass is 10.1. The van der Waals surface area contributed by atoms with Gasteiger partial charge in [-0.2, -0.15) is 13.2 Å². The molecular weight excluding hydrogens is 325 g/mol. The van der Waals surface area contributed by atoms with E-state index in [0.29, 0.717) is 4.34 Å². The number of carbonyl (C=O) groups excluding carboxylic acids is 1. The van der Waals surface area contributed by atoms with Gasteiger partial charge in [-0.15, -0.1) is 10.2 Å². The summed E-state index contributed by atoms with van der Waals surface area (Å²) in [6.45, 7) is 0. The Morgan fingerprint density at radius 3 is 2.76 bits per heavy atom. The van der Waals surface area contributed by atoms with Crippen LogP contribution in [0.25, 0.3) is 0 Å². The Kier molecular flexibility index (Phi) is 4.68. The lowest BCUT2D eigenvalue weighted by molar-refractivity contribution is -0.137. The van der Waals surface area contributed by atoms with E-state index in [1.807, 2.05) is 0 Å². The molecule has 0 radical (unpaired) electrons. The Balaban J connectivity index is 1.97. The number of nitrogen functional groups attached to an aromatic ring is 1. The normalized spacial score (nSPS) is 11.4. The number of rotatable bonds is 4. The fourth-order valence-electron chi connectivity index (χ4n) is 1.39. The maximum Gasteiger partial charge on any atom is 0.416 e. The Morgan fingerprint density at radius 2 is 2.19 bits per heavy atom. The van der Waals surface area contributed by atoms with Crippen molar-refractivity contribution in [1.29, 1.82) is 0 Å². The number of halogens is 3. The van der Waals surface area contributed by atoms with E-state index in [1.165, 1.54) is 28.6 Å². The molecule has 10 heteroatoms. The van der Waals surface area contributed by atoms with E-state index in [0.717, 1.165) is 18.2 Å². The van der Waals surface area contributed by atoms with Gasteiger partial charge in [0.2, 0.25) is 5.91 Å². The van der Waals surface area contributed by atoms with E-state index in [2.05, 4.69) is 15.5 Å². The third-order valence-electron chi connectivity index (χ3n) is 2.32. The van der Waals surface area contributed by atoms with Gasteiger partial charge in [-0.3, -0.25) is 4.79 Å². The van der Waals surface area contributed by atoms with Crippen LogP contribution in [0.15, 0.2) is 28.0 Å². The Labute approximate surface area is 125 Å². The van der Waals surface area contributed by atoms with Gasteiger partial charge >= 0.3 is 6.18 Å². The summed E-state index contributed by atoms with van der Waals surface area (Å²) >= 11 is 2.47. The number of anilines is 2. The molecule has 0 fully saturated rings. The summed E-state index contributed by atoms with van der Waals surface area (Å²) in [5.41, 5.74) is 6.20. The number of carbonyl (C=O) groups is 1. The molecule has 112 valence electrons. The Morgan fingerprint density at radius 1 is 1.43 bits per heavy atom. The number of amides is 1. The van der Waals surface area contributed by atoms with Crippen LogP contribution >= 0.6 is 23.1 Å². The van der Waals surface area contributed by atoms with Gasteiger partial charge in [0.1, 0.15) is 5.51 Å². The molecule has 2 rings (SSSR count). The highest BCUT2D eigenvalue weighted by atomic mass is 32.2. The van der Waals surface area contributed by atoms with E-state index in [4.69, 9.17) is 5.73 Å². The summed E-state index contributed by atoms with van der Waals surface area (Å²) in [6, 6.07) is 2.78. The molecule has 0 spiro atoms. The first kappa shape index (κ1) is 15.6. The Bertz CT molecular complexity index is 631. The van der Waals surface area contributed by atoms with Gasteiger partial charge < -0.3 is 11.1 Å². The third-order valence-corrected chi connectivity index (χ3v) is 4.18. The third kappa shape index (κ3) is 4.33. The van der Waals surface area contributed by atoms with Crippen LogP contribution in [0.2, 0.25) is 0 Å². The minimum Gasteiger partial charge on any atom is -0.397 e. The topological polar surface area (TPSA) is 80.9 Å². The first-order valence-electron chi connectivity index (χ1n) is 5.52. The van der Waals surface area contributed by atoms with E-state index >= 15 is 0 Å². The minimum atomic E-state index is -4.47. The molecule has 1 amide bonds. The van der Waals surface area contributed by atoms with Gasteiger partial charge in [0.05, 0.1) is 22.7 Å². The van der Waals surface area contributed by atoms with Gasteiger partial charge in [0, 0.05) is 0 Å². The van der Waals surface area contributed by atoms with Crippen molar-refractivity contribution in [3.05, 3.63) is 29.3 Å². The molecule has 21 heavy (non-hydrogen) atoms. The van der Waals surface area contributed by atoms with E-state index in [-0.39, 0.29) is 23.0 Å². The fourth-order valence-corrected chi connectivity index (χ4v) is 2.68. The average Bonchev–Trinajstić information content (AvgIpc) is 2.91. The lowest BCUT2D eigenvalue weighted by Gasteiger charge is -2.11.